The van der Waals surface area contributed by atoms with Crippen molar-refractivity contribution in [3.63, 3.8) is 0 Å². The summed E-state index contributed by atoms with van der Waals surface area (Å²) in [6, 6.07) is 23.0. The maximum absolute atomic E-state index is 13.6. The molecule has 0 fully saturated rings. The molecule has 1 aliphatic rings. The fourth-order valence-corrected chi connectivity index (χ4v) is 7.36. The number of carbonyl (C=O) groups excluding carboxylic acids is 4. The number of esters is 1. The molecule has 3 aromatic carbocycles. The first-order valence-corrected chi connectivity index (χ1v) is 17.5. The molecule has 9 nitrogen and oxygen atoms in total. The van der Waals surface area contributed by atoms with Crippen LogP contribution in [0.4, 0.5) is 10.7 Å². The van der Waals surface area contributed by atoms with E-state index < -0.39 is 17.8 Å². The molecule has 0 unspecified atom stereocenters. The number of methoxy groups -OCH3 is 1. The number of amides is 3. The third kappa shape index (κ3) is 8.93. The normalized spacial score (nSPS) is 12.7. The van der Waals surface area contributed by atoms with Crippen molar-refractivity contribution in [2.24, 2.45) is 0 Å². The summed E-state index contributed by atoms with van der Waals surface area (Å²) in [5.74, 6) is -0.981. The van der Waals surface area contributed by atoms with Gasteiger partial charge in [-0.15, -0.1) is 23.1 Å². The summed E-state index contributed by atoms with van der Waals surface area (Å²) >= 11 is 2.75. The smallest absolute Gasteiger partial charge is 0.341 e. The second-order valence-corrected chi connectivity index (χ2v) is 13.1. The van der Waals surface area contributed by atoms with Crippen LogP contribution in [0.3, 0.4) is 0 Å². The SMILES string of the molecule is CCOc1ccccc1/C=C(/NC(=O)c1ccccc1)C(=O)Nc1cccc(SCC(=O)Nc2sc3c(c2C(=O)OC)CCCCC3)c1. The number of hydrogen-bond donors (Lipinski definition) is 3. The van der Waals surface area contributed by atoms with E-state index >= 15 is 0 Å². The van der Waals surface area contributed by atoms with Gasteiger partial charge in [-0.25, -0.2) is 4.79 Å². The highest BCUT2D eigenvalue weighted by molar-refractivity contribution is 8.00. The number of aryl methyl sites for hydroxylation is 1. The van der Waals surface area contributed by atoms with Gasteiger partial charge in [-0.3, -0.25) is 14.4 Å². The van der Waals surface area contributed by atoms with E-state index in [1.165, 1.54) is 30.2 Å². The van der Waals surface area contributed by atoms with Crippen LogP contribution < -0.4 is 20.7 Å². The molecule has 0 bridgehead atoms. The van der Waals surface area contributed by atoms with Crippen LogP contribution in [-0.4, -0.2) is 43.2 Å². The number of anilines is 2. The molecule has 0 saturated heterocycles. The van der Waals surface area contributed by atoms with E-state index in [1.807, 2.05) is 31.2 Å². The Bertz CT molecular complexity index is 1820. The minimum atomic E-state index is -0.529. The Hall–Kier alpha value is -4.87. The standard InChI is InChI=1S/C37H37N3O6S2/c1-3-46-30-19-11-10-15-25(30)21-29(39-34(42)24-13-6-4-7-14-24)35(43)38-26-16-12-17-27(22-26)47-23-32(41)40-36-33(37(44)45-2)28-18-8-5-9-20-31(28)48-36/h4,6-7,10-17,19,21-22H,3,5,8-9,18,20,23H2,1-2H3,(H,38,43)(H,39,42)(H,40,41)/b29-21+. The summed E-state index contributed by atoms with van der Waals surface area (Å²) in [6.45, 7) is 2.31. The summed E-state index contributed by atoms with van der Waals surface area (Å²) in [4.78, 5) is 54.3. The largest absolute Gasteiger partial charge is 0.493 e. The van der Waals surface area contributed by atoms with Gasteiger partial charge in [0.1, 0.15) is 16.4 Å². The van der Waals surface area contributed by atoms with E-state index in [0.29, 0.717) is 39.7 Å². The Balaban J connectivity index is 1.29. The van der Waals surface area contributed by atoms with E-state index in [-0.39, 0.29) is 17.4 Å². The van der Waals surface area contributed by atoms with Gasteiger partial charge in [0.2, 0.25) is 5.91 Å². The van der Waals surface area contributed by atoms with Crippen molar-refractivity contribution in [2.45, 2.75) is 43.9 Å². The van der Waals surface area contributed by atoms with Gasteiger partial charge >= 0.3 is 5.97 Å². The monoisotopic (exact) mass is 683 g/mol. The molecule has 1 aromatic heterocycles. The number of carbonyl (C=O) groups is 4. The molecule has 0 spiro atoms. The number of thioether (sulfide) groups is 1. The van der Waals surface area contributed by atoms with Crippen molar-refractivity contribution in [3.8, 4) is 5.75 Å². The van der Waals surface area contributed by atoms with Gasteiger partial charge in [0.05, 0.1) is 25.0 Å². The van der Waals surface area contributed by atoms with Gasteiger partial charge in [0, 0.05) is 26.6 Å². The number of ether oxygens (including phenoxy) is 2. The second-order valence-electron chi connectivity index (χ2n) is 10.9. The average Bonchev–Trinajstić information content (AvgIpc) is 3.27. The van der Waals surface area contributed by atoms with Crippen molar-refractivity contribution in [3.05, 3.63) is 112 Å². The van der Waals surface area contributed by atoms with Crippen LogP contribution in [0.1, 0.15) is 62.9 Å². The molecule has 0 atom stereocenters. The summed E-state index contributed by atoms with van der Waals surface area (Å²) in [7, 11) is 1.35. The van der Waals surface area contributed by atoms with Crippen LogP contribution in [-0.2, 0) is 27.2 Å². The zero-order valence-electron chi connectivity index (χ0n) is 26.8. The second kappa shape index (κ2) is 16.8. The lowest BCUT2D eigenvalue weighted by molar-refractivity contribution is -0.114. The molecule has 248 valence electrons. The predicted octanol–water partition coefficient (Wildman–Crippen LogP) is 7.34. The molecule has 4 aromatic rings. The fourth-order valence-electron chi connectivity index (χ4n) is 5.31. The van der Waals surface area contributed by atoms with E-state index in [9.17, 15) is 19.2 Å². The number of para-hydroxylation sites is 1. The Morgan fingerprint density at radius 1 is 0.896 bits per heavy atom. The Morgan fingerprint density at radius 2 is 1.67 bits per heavy atom. The van der Waals surface area contributed by atoms with E-state index in [4.69, 9.17) is 9.47 Å². The third-order valence-corrected chi connectivity index (χ3v) is 9.77. The first-order chi connectivity index (χ1) is 23.4. The molecule has 1 heterocycles. The van der Waals surface area contributed by atoms with Crippen molar-refractivity contribution in [1.82, 2.24) is 5.32 Å². The van der Waals surface area contributed by atoms with Crippen LogP contribution in [0.5, 0.6) is 5.75 Å². The maximum Gasteiger partial charge on any atom is 0.341 e. The number of fused-ring (bicyclic) bond motifs is 1. The molecule has 48 heavy (non-hydrogen) atoms. The summed E-state index contributed by atoms with van der Waals surface area (Å²) in [6.07, 6.45) is 6.44. The molecule has 0 radical (unpaired) electrons. The van der Waals surface area contributed by atoms with E-state index in [0.717, 1.165) is 47.4 Å². The number of benzene rings is 3. The summed E-state index contributed by atoms with van der Waals surface area (Å²) in [5, 5.41) is 9.09. The molecule has 11 heteroatoms. The van der Waals surface area contributed by atoms with Crippen LogP contribution in [0.15, 0.2) is 89.5 Å². The lowest BCUT2D eigenvalue weighted by Crippen LogP contribution is -2.30. The third-order valence-electron chi connectivity index (χ3n) is 7.57. The Labute approximate surface area is 288 Å². The van der Waals surface area contributed by atoms with Crippen LogP contribution in [0, 0.1) is 0 Å². The summed E-state index contributed by atoms with van der Waals surface area (Å²) < 4.78 is 10.8. The first kappa shape index (κ1) is 34.5. The highest BCUT2D eigenvalue weighted by Gasteiger charge is 2.26. The van der Waals surface area contributed by atoms with Gasteiger partial charge in [0.25, 0.3) is 11.8 Å². The molecular formula is C37H37N3O6S2. The Morgan fingerprint density at radius 3 is 2.46 bits per heavy atom. The predicted molar refractivity (Wildman–Crippen MR) is 191 cm³/mol. The van der Waals surface area contributed by atoms with E-state index in [1.54, 1.807) is 60.7 Å². The van der Waals surface area contributed by atoms with Crippen molar-refractivity contribution in [1.29, 1.82) is 0 Å². The molecular weight excluding hydrogens is 647 g/mol. The Kier molecular flexibility index (Phi) is 12.1. The van der Waals surface area contributed by atoms with Gasteiger partial charge in [-0.2, -0.15) is 0 Å². The lowest BCUT2D eigenvalue weighted by Gasteiger charge is -2.13. The molecule has 0 aliphatic heterocycles. The number of thiophene rings is 1. The van der Waals surface area contributed by atoms with Gasteiger partial charge in [-0.1, -0.05) is 48.9 Å². The number of hydrogen-bond acceptors (Lipinski definition) is 8. The average molecular weight is 684 g/mol. The summed E-state index contributed by atoms with van der Waals surface area (Å²) in [5.41, 5.74) is 3.01. The van der Waals surface area contributed by atoms with Gasteiger partial charge < -0.3 is 25.4 Å². The molecule has 3 amide bonds. The lowest BCUT2D eigenvalue weighted by atomic mass is 10.1. The van der Waals surface area contributed by atoms with Crippen molar-refractivity contribution >= 4 is 63.6 Å². The first-order valence-electron chi connectivity index (χ1n) is 15.7. The molecule has 3 N–H and O–H groups in total. The quantitative estimate of drug-likeness (QED) is 0.0618. The van der Waals surface area contributed by atoms with E-state index in [2.05, 4.69) is 16.0 Å². The minimum absolute atomic E-state index is 0.0317. The minimum Gasteiger partial charge on any atom is -0.493 e. The zero-order valence-corrected chi connectivity index (χ0v) is 28.4. The van der Waals surface area contributed by atoms with Gasteiger partial charge in [0.15, 0.2) is 0 Å². The van der Waals surface area contributed by atoms with Gasteiger partial charge in [-0.05, 0) is 80.6 Å². The van der Waals surface area contributed by atoms with Crippen LogP contribution >= 0.6 is 23.1 Å². The topological polar surface area (TPSA) is 123 Å². The van der Waals surface area contributed by atoms with Crippen molar-refractivity contribution < 1.29 is 28.7 Å². The molecule has 0 saturated carbocycles. The highest BCUT2D eigenvalue weighted by Crippen LogP contribution is 2.38. The molecule has 1 aliphatic carbocycles. The fraction of sp³-hybridized carbons (Fsp3) is 0.243. The van der Waals surface area contributed by atoms with Crippen LogP contribution in [0.2, 0.25) is 0 Å². The zero-order chi connectivity index (χ0) is 33.9. The number of rotatable bonds is 12. The van der Waals surface area contributed by atoms with Crippen molar-refractivity contribution in [2.75, 3.05) is 30.1 Å². The highest BCUT2D eigenvalue weighted by atomic mass is 32.2. The van der Waals surface area contributed by atoms with Crippen LogP contribution in [0.25, 0.3) is 6.08 Å². The maximum atomic E-state index is 13.6. The number of nitrogens with one attached hydrogen (secondary N) is 3. The molecule has 5 rings (SSSR count).